The van der Waals surface area contributed by atoms with Gasteiger partial charge in [0.15, 0.2) is 5.79 Å². The molecule has 4 heterocycles. The zero-order chi connectivity index (χ0) is 16.0. The fourth-order valence-electron chi connectivity index (χ4n) is 3.23. The minimum atomic E-state index is -0.488. The molecule has 2 aromatic rings. The van der Waals surface area contributed by atoms with E-state index in [2.05, 4.69) is 15.1 Å². The van der Waals surface area contributed by atoms with Gasteiger partial charge in [0, 0.05) is 37.3 Å². The van der Waals surface area contributed by atoms with E-state index >= 15 is 0 Å². The maximum atomic E-state index is 12.6. The van der Waals surface area contributed by atoms with Crippen molar-refractivity contribution in [1.29, 1.82) is 0 Å². The van der Waals surface area contributed by atoms with E-state index in [4.69, 9.17) is 9.47 Å². The molecule has 2 fully saturated rings. The van der Waals surface area contributed by atoms with Crippen LogP contribution in [0.4, 0.5) is 0 Å². The monoisotopic (exact) mass is 317 g/mol. The zero-order valence-electron chi connectivity index (χ0n) is 13.3. The van der Waals surface area contributed by atoms with Crippen molar-refractivity contribution in [3.05, 3.63) is 23.3 Å². The standard InChI is InChI=1S/C15H19N5O3/c1-10-9-11(2)20-14(16-10)17-12(18-20)13(21)19-5-3-15(4-6-19)22-7-8-23-15/h9H,3-8H2,1-2H3. The average Bonchev–Trinajstić information content (AvgIpc) is 3.15. The summed E-state index contributed by atoms with van der Waals surface area (Å²) in [6.45, 7) is 6.25. The number of ether oxygens (including phenoxy) is 2. The summed E-state index contributed by atoms with van der Waals surface area (Å²) in [7, 11) is 0. The van der Waals surface area contributed by atoms with Crippen LogP contribution in [-0.4, -0.2) is 62.5 Å². The van der Waals surface area contributed by atoms with Crippen LogP contribution >= 0.6 is 0 Å². The van der Waals surface area contributed by atoms with Crippen molar-refractivity contribution in [3.63, 3.8) is 0 Å². The second-order valence-electron chi connectivity index (χ2n) is 6.09. The third-order valence-electron chi connectivity index (χ3n) is 4.44. The summed E-state index contributed by atoms with van der Waals surface area (Å²) < 4.78 is 13.0. The van der Waals surface area contributed by atoms with Crippen molar-refractivity contribution in [2.45, 2.75) is 32.5 Å². The molecule has 0 atom stereocenters. The van der Waals surface area contributed by atoms with Gasteiger partial charge in [0.05, 0.1) is 13.2 Å². The highest BCUT2D eigenvalue weighted by molar-refractivity contribution is 5.91. The quantitative estimate of drug-likeness (QED) is 0.771. The molecular weight excluding hydrogens is 298 g/mol. The maximum absolute atomic E-state index is 12.6. The molecule has 1 amide bonds. The molecule has 0 bridgehead atoms. The molecule has 0 saturated carbocycles. The Morgan fingerprint density at radius 1 is 1.17 bits per heavy atom. The van der Waals surface area contributed by atoms with Crippen LogP contribution in [-0.2, 0) is 9.47 Å². The van der Waals surface area contributed by atoms with Gasteiger partial charge >= 0.3 is 0 Å². The molecule has 122 valence electrons. The Kier molecular flexibility index (Phi) is 3.31. The molecule has 2 aliphatic heterocycles. The van der Waals surface area contributed by atoms with E-state index in [9.17, 15) is 4.79 Å². The molecule has 0 aromatic carbocycles. The van der Waals surface area contributed by atoms with E-state index in [1.807, 2.05) is 19.9 Å². The number of piperidine rings is 1. The Bertz CT molecular complexity index is 756. The molecule has 0 radical (unpaired) electrons. The minimum Gasteiger partial charge on any atom is -0.347 e. The van der Waals surface area contributed by atoms with E-state index in [1.54, 1.807) is 9.42 Å². The van der Waals surface area contributed by atoms with Crippen LogP contribution in [0.25, 0.3) is 5.78 Å². The summed E-state index contributed by atoms with van der Waals surface area (Å²) in [6.07, 6.45) is 1.37. The first-order chi connectivity index (χ1) is 11.1. The number of aryl methyl sites for hydroxylation is 2. The van der Waals surface area contributed by atoms with Crippen molar-refractivity contribution in [3.8, 4) is 0 Å². The van der Waals surface area contributed by atoms with Crippen molar-refractivity contribution in [2.24, 2.45) is 0 Å². The number of aromatic nitrogens is 4. The number of rotatable bonds is 1. The highest BCUT2D eigenvalue weighted by Crippen LogP contribution is 2.31. The highest BCUT2D eigenvalue weighted by atomic mass is 16.7. The summed E-state index contributed by atoms with van der Waals surface area (Å²) >= 11 is 0. The van der Waals surface area contributed by atoms with Gasteiger partial charge in [-0.1, -0.05) is 0 Å². The Labute approximate surface area is 133 Å². The molecule has 2 aliphatic rings. The van der Waals surface area contributed by atoms with Crippen LogP contribution in [0.5, 0.6) is 0 Å². The van der Waals surface area contributed by atoms with Gasteiger partial charge in [0.25, 0.3) is 11.7 Å². The number of likely N-dealkylation sites (tertiary alicyclic amines) is 1. The van der Waals surface area contributed by atoms with Gasteiger partial charge in [-0.25, -0.2) is 9.50 Å². The number of hydrogen-bond donors (Lipinski definition) is 0. The fraction of sp³-hybridized carbons (Fsp3) is 0.600. The van der Waals surface area contributed by atoms with Gasteiger partial charge in [-0.3, -0.25) is 4.79 Å². The summed E-state index contributed by atoms with van der Waals surface area (Å²) in [4.78, 5) is 23.0. The summed E-state index contributed by atoms with van der Waals surface area (Å²) in [5.41, 5.74) is 1.77. The molecule has 8 heteroatoms. The second-order valence-corrected chi connectivity index (χ2v) is 6.09. The van der Waals surface area contributed by atoms with E-state index in [-0.39, 0.29) is 11.7 Å². The lowest BCUT2D eigenvalue weighted by atomic mass is 10.0. The van der Waals surface area contributed by atoms with Crippen LogP contribution in [0.1, 0.15) is 34.8 Å². The van der Waals surface area contributed by atoms with Crippen molar-refractivity contribution < 1.29 is 14.3 Å². The Hall–Kier alpha value is -2.06. The number of carbonyl (C=O) groups is 1. The second kappa shape index (κ2) is 5.24. The van der Waals surface area contributed by atoms with E-state index in [0.717, 1.165) is 11.4 Å². The smallest absolute Gasteiger partial charge is 0.293 e. The molecular formula is C15H19N5O3. The highest BCUT2D eigenvalue weighted by Gasteiger charge is 2.41. The van der Waals surface area contributed by atoms with E-state index in [0.29, 0.717) is 44.9 Å². The predicted octanol–water partition coefficient (Wildman–Crippen LogP) is 0.720. The first kappa shape index (κ1) is 14.5. The number of carbonyl (C=O) groups excluding carboxylic acids is 1. The molecule has 0 unspecified atom stereocenters. The van der Waals surface area contributed by atoms with Crippen molar-refractivity contribution in [1.82, 2.24) is 24.5 Å². The van der Waals surface area contributed by atoms with Crippen molar-refractivity contribution >= 4 is 11.7 Å². The van der Waals surface area contributed by atoms with Crippen LogP contribution in [0.3, 0.4) is 0 Å². The molecule has 4 rings (SSSR count). The van der Waals surface area contributed by atoms with Gasteiger partial charge in [-0.2, -0.15) is 4.98 Å². The molecule has 2 aromatic heterocycles. The Morgan fingerprint density at radius 3 is 2.57 bits per heavy atom. The van der Waals surface area contributed by atoms with Gasteiger partial charge < -0.3 is 14.4 Å². The van der Waals surface area contributed by atoms with E-state index < -0.39 is 5.79 Å². The third-order valence-corrected chi connectivity index (χ3v) is 4.44. The third kappa shape index (κ3) is 2.47. The molecule has 8 nitrogen and oxygen atoms in total. The number of amides is 1. The SMILES string of the molecule is Cc1cc(C)n2nc(C(=O)N3CCC4(CC3)OCCO4)nc2n1. The number of fused-ring (bicyclic) bond motifs is 1. The summed E-state index contributed by atoms with van der Waals surface area (Å²) in [5, 5.41) is 4.31. The molecule has 23 heavy (non-hydrogen) atoms. The van der Waals surface area contributed by atoms with Crippen LogP contribution in [0.15, 0.2) is 6.07 Å². The average molecular weight is 317 g/mol. The molecule has 0 aliphatic carbocycles. The predicted molar refractivity (Wildman–Crippen MR) is 80.0 cm³/mol. The van der Waals surface area contributed by atoms with Gasteiger partial charge in [-0.15, -0.1) is 5.10 Å². The molecule has 2 saturated heterocycles. The Balaban J connectivity index is 1.54. The number of nitrogens with zero attached hydrogens (tertiary/aromatic N) is 5. The van der Waals surface area contributed by atoms with Crippen molar-refractivity contribution in [2.75, 3.05) is 26.3 Å². The molecule has 1 spiro atoms. The van der Waals surface area contributed by atoms with Gasteiger partial charge in [0.2, 0.25) is 5.82 Å². The minimum absolute atomic E-state index is 0.166. The van der Waals surface area contributed by atoms with Gasteiger partial charge in [-0.05, 0) is 19.9 Å². The van der Waals surface area contributed by atoms with Crippen LogP contribution in [0.2, 0.25) is 0 Å². The first-order valence-electron chi connectivity index (χ1n) is 7.85. The zero-order valence-corrected chi connectivity index (χ0v) is 13.3. The summed E-state index contributed by atoms with van der Waals surface area (Å²) in [6, 6.07) is 1.91. The molecule has 0 N–H and O–H groups in total. The summed E-state index contributed by atoms with van der Waals surface area (Å²) in [5.74, 6) is -0.00383. The normalized spacial score (nSPS) is 20.5. The van der Waals surface area contributed by atoms with Crippen LogP contribution < -0.4 is 0 Å². The van der Waals surface area contributed by atoms with Gasteiger partial charge in [0.1, 0.15) is 0 Å². The topological polar surface area (TPSA) is 81.9 Å². The maximum Gasteiger partial charge on any atom is 0.293 e. The fourth-order valence-corrected chi connectivity index (χ4v) is 3.23. The lowest BCUT2D eigenvalue weighted by Gasteiger charge is -2.37. The van der Waals surface area contributed by atoms with Crippen LogP contribution in [0, 0.1) is 13.8 Å². The first-order valence-corrected chi connectivity index (χ1v) is 7.85. The van der Waals surface area contributed by atoms with E-state index in [1.165, 1.54) is 0 Å². The lowest BCUT2D eigenvalue weighted by molar-refractivity contribution is -0.181. The largest absolute Gasteiger partial charge is 0.347 e. The Morgan fingerprint density at radius 2 is 1.87 bits per heavy atom. The lowest BCUT2D eigenvalue weighted by Crippen LogP contribution is -2.47. The number of hydrogen-bond acceptors (Lipinski definition) is 6.